The molecule has 31 heavy (non-hydrogen) atoms. The van der Waals surface area contributed by atoms with Crippen LogP contribution in [0, 0.1) is 12.7 Å². The van der Waals surface area contributed by atoms with Gasteiger partial charge in [-0.1, -0.05) is 36.4 Å². The van der Waals surface area contributed by atoms with Crippen LogP contribution in [0.5, 0.6) is 0 Å². The highest BCUT2D eigenvalue weighted by atomic mass is 19.1. The van der Waals surface area contributed by atoms with E-state index in [1.54, 1.807) is 33.0 Å². The van der Waals surface area contributed by atoms with Crippen molar-refractivity contribution in [1.29, 1.82) is 0 Å². The lowest BCUT2D eigenvalue weighted by molar-refractivity contribution is -0.136. The van der Waals surface area contributed by atoms with E-state index >= 15 is 0 Å². The fourth-order valence-electron chi connectivity index (χ4n) is 3.56. The predicted octanol–water partition coefficient (Wildman–Crippen LogP) is 5.91. The van der Waals surface area contributed by atoms with Gasteiger partial charge in [0, 0.05) is 17.1 Å². The van der Waals surface area contributed by atoms with Gasteiger partial charge in [0.25, 0.3) is 0 Å². The van der Waals surface area contributed by atoms with Gasteiger partial charge in [-0.25, -0.2) is 4.39 Å². The fourth-order valence-corrected chi connectivity index (χ4v) is 3.56. The van der Waals surface area contributed by atoms with Crippen LogP contribution < -0.4 is 0 Å². The third-order valence-corrected chi connectivity index (χ3v) is 4.65. The standard InChI is InChI=1S/C22H16FNO2.C4H10O/c1-13-9-14-5-2-3-7-17(14)21(18(13)12-20(25)26)19-11-16(23)10-15-6-4-8-24-22(15)19;1-4(2,3)5/h2-11H,12H2,1H3,(H,25,26);5H,1-3H3. The van der Waals surface area contributed by atoms with Gasteiger partial charge in [-0.3, -0.25) is 9.78 Å². The van der Waals surface area contributed by atoms with E-state index in [2.05, 4.69) is 4.98 Å². The summed E-state index contributed by atoms with van der Waals surface area (Å²) in [7, 11) is 0. The van der Waals surface area contributed by atoms with Gasteiger partial charge in [0.15, 0.2) is 0 Å². The molecule has 2 N–H and O–H groups in total. The van der Waals surface area contributed by atoms with E-state index in [9.17, 15) is 14.3 Å². The minimum atomic E-state index is -0.918. The molecule has 0 fully saturated rings. The molecule has 4 aromatic rings. The van der Waals surface area contributed by atoms with Crippen molar-refractivity contribution in [1.82, 2.24) is 4.98 Å². The van der Waals surface area contributed by atoms with Crippen LogP contribution in [0.15, 0.2) is 60.8 Å². The summed E-state index contributed by atoms with van der Waals surface area (Å²) in [5.74, 6) is -1.29. The number of pyridine rings is 1. The second-order valence-electron chi connectivity index (χ2n) is 8.54. The Labute approximate surface area is 181 Å². The summed E-state index contributed by atoms with van der Waals surface area (Å²) < 4.78 is 14.3. The monoisotopic (exact) mass is 419 g/mol. The summed E-state index contributed by atoms with van der Waals surface area (Å²) in [6.45, 7) is 7.12. The average molecular weight is 419 g/mol. The number of carbonyl (C=O) groups is 1. The predicted molar refractivity (Wildman–Crippen MR) is 123 cm³/mol. The Morgan fingerprint density at radius 2 is 1.68 bits per heavy atom. The Morgan fingerprint density at radius 1 is 1.03 bits per heavy atom. The molecule has 0 aliphatic heterocycles. The summed E-state index contributed by atoms with van der Waals surface area (Å²) >= 11 is 0. The molecule has 5 heteroatoms. The van der Waals surface area contributed by atoms with Gasteiger partial charge in [0.05, 0.1) is 17.5 Å². The third-order valence-electron chi connectivity index (χ3n) is 4.65. The Morgan fingerprint density at radius 3 is 2.35 bits per heavy atom. The van der Waals surface area contributed by atoms with Gasteiger partial charge in [-0.2, -0.15) is 0 Å². The molecule has 0 saturated carbocycles. The maximum atomic E-state index is 14.3. The van der Waals surface area contributed by atoms with Crippen molar-refractivity contribution in [3.8, 4) is 11.1 Å². The van der Waals surface area contributed by atoms with Crippen LogP contribution in [-0.4, -0.2) is 26.8 Å². The van der Waals surface area contributed by atoms with Crippen LogP contribution in [-0.2, 0) is 11.2 Å². The Kier molecular flexibility index (Phi) is 6.37. The first-order valence-corrected chi connectivity index (χ1v) is 10.0. The molecule has 0 saturated heterocycles. The lowest BCUT2D eigenvalue weighted by Crippen LogP contribution is -2.10. The number of rotatable bonds is 3. The van der Waals surface area contributed by atoms with Crippen molar-refractivity contribution < 1.29 is 19.4 Å². The topological polar surface area (TPSA) is 70.4 Å². The molecule has 0 atom stereocenters. The largest absolute Gasteiger partial charge is 0.481 e. The van der Waals surface area contributed by atoms with E-state index in [1.165, 1.54) is 12.1 Å². The van der Waals surface area contributed by atoms with Crippen molar-refractivity contribution in [2.24, 2.45) is 0 Å². The van der Waals surface area contributed by atoms with Crippen LogP contribution in [0.1, 0.15) is 31.9 Å². The van der Waals surface area contributed by atoms with Crippen LogP contribution in [0.4, 0.5) is 4.39 Å². The van der Waals surface area contributed by atoms with Gasteiger partial charge in [0.2, 0.25) is 0 Å². The second-order valence-corrected chi connectivity index (χ2v) is 8.54. The third kappa shape index (κ3) is 5.44. The Hall–Kier alpha value is -3.31. The fraction of sp³-hybridized carbons (Fsp3) is 0.231. The molecule has 3 aromatic carbocycles. The second kappa shape index (κ2) is 8.82. The van der Waals surface area contributed by atoms with Crippen LogP contribution in [0.3, 0.4) is 0 Å². The van der Waals surface area contributed by atoms with Gasteiger partial charge >= 0.3 is 5.97 Å². The van der Waals surface area contributed by atoms with Crippen molar-refractivity contribution in [2.75, 3.05) is 0 Å². The number of aliphatic hydroxyl groups is 1. The van der Waals surface area contributed by atoms with Crippen LogP contribution in [0.25, 0.3) is 32.8 Å². The van der Waals surface area contributed by atoms with E-state index in [0.717, 1.165) is 21.9 Å². The first-order valence-electron chi connectivity index (χ1n) is 10.0. The number of hydrogen-bond acceptors (Lipinski definition) is 3. The summed E-state index contributed by atoms with van der Waals surface area (Å²) in [6, 6.07) is 16.2. The maximum absolute atomic E-state index is 14.3. The molecule has 0 aliphatic carbocycles. The van der Waals surface area contributed by atoms with E-state index in [-0.39, 0.29) is 12.2 Å². The quantitative estimate of drug-likeness (QED) is 0.433. The summed E-state index contributed by atoms with van der Waals surface area (Å²) in [5.41, 5.74) is 3.09. The number of halogens is 1. The molecule has 0 spiro atoms. The Balaban J connectivity index is 0.000000491. The zero-order valence-corrected chi connectivity index (χ0v) is 18.1. The highest BCUT2D eigenvalue weighted by Gasteiger charge is 2.18. The summed E-state index contributed by atoms with van der Waals surface area (Å²) in [4.78, 5) is 15.9. The van der Waals surface area contributed by atoms with Crippen molar-refractivity contribution in [2.45, 2.75) is 39.7 Å². The molecule has 0 unspecified atom stereocenters. The molecule has 4 nitrogen and oxygen atoms in total. The smallest absolute Gasteiger partial charge is 0.307 e. The van der Waals surface area contributed by atoms with Gasteiger partial charge in [-0.15, -0.1) is 0 Å². The average Bonchev–Trinajstić information content (AvgIpc) is 2.66. The number of benzene rings is 3. The normalized spacial score (nSPS) is 11.3. The van der Waals surface area contributed by atoms with Crippen molar-refractivity contribution in [3.05, 3.63) is 77.7 Å². The maximum Gasteiger partial charge on any atom is 0.307 e. The molecule has 160 valence electrons. The number of carboxylic acids is 1. The molecule has 1 aromatic heterocycles. The van der Waals surface area contributed by atoms with E-state index in [1.807, 2.05) is 43.3 Å². The van der Waals surface area contributed by atoms with Gasteiger partial charge < -0.3 is 10.2 Å². The molecule has 0 amide bonds. The molecular formula is C26H26FNO3. The van der Waals surface area contributed by atoms with E-state index in [4.69, 9.17) is 5.11 Å². The summed E-state index contributed by atoms with van der Waals surface area (Å²) in [6.07, 6.45) is 1.54. The van der Waals surface area contributed by atoms with Crippen molar-refractivity contribution >= 4 is 27.6 Å². The first kappa shape index (κ1) is 22.4. The molecule has 1 heterocycles. The minimum Gasteiger partial charge on any atom is -0.481 e. The molecule has 0 aliphatic rings. The number of aliphatic carboxylic acids is 1. The first-order chi connectivity index (χ1) is 14.5. The van der Waals surface area contributed by atoms with Gasteiger partial charge in [-0.05, 0) is 73.4 Å². The lowest BCUT2D eigenvalue weighted by atomic mass is 9.87. The molecule has 0 bridgehead atoms. The highest BCUT2D eigenvalue weighted by Crippen LogP contribution is 2.38. The zero-order chi connectivity index (χ0) is 22.8. The lowest BCUT2D eigenvalue weighted by Gasteiger charge is -2.17. The number of fused-ring (bicyclic) bond motifs is 2. The summed E-state index contributed by atoms with van der Waals surface area (Å²) in [5, 5.41) is 20.5. The van der Waals surface area contributed by atoms with Crippen LogP contribution >= 0.6 is 0 Å². The molecular weight excluding hydrogens is 393 g/mol. The number of carboxylic acid groups (broad SMARTS) is 1. The van der Waals surface area contributed by atoms with Crippen LogP contribution in [0.2, 0.25) is 0 Å². The van der Waals surface area contributed by atoms with Gasteiger partial charge in [0.1, 0.15) is 5.82 Å². The number of aryl methyl sites for hydroxylation is 1. The number of aromatic nitrogens is 1. The zero-order valence-electron chi connectivity index (χ0n) is 18.1. The van der Waals surface area contributed by atoms with E-state index < -0.39 is 11.6 Å². The highest BCUT2D eigenvalue weighted by molar-refractivity contribution is 6.06. The minimum absolute atomic E-state index is 0.128. The number of nitrogens with zero attached hydrogens (tertiary/aromatic N) is 1. The SMILES string of the molecule is CC(C)(C)O.Cc1cc2ccccc2c(-c2cc(F)cc3cccnc23)c1CC(=O)O. The number of hydrogen-bond donors (Lipinski definition) is 2. The van der Waals surface area contributed by atoms with E-state index in [0.29, 0.717) is 22.0 Å². The van der Waals surface area contributed by atoms with Crippen molar-refractivity contribution in [3.63, 3.8) is 0 Å². The molecule has 0 radical (unpaired) electrons. The molecule has 4 rings (SSSR count). The Bertz CT molecular complexity index is 1250.